The van der Waals surface area contributed by atoms with Crippen LogP contribution in [0.3, 0.4) is 0 Å². The average Bonchev–Trinajstić information content (AvgIpc) is 3.35. The Morgan fingerprint density at radius 2 is 1.89 bits per heavy atom. The molecule has 3 aromatic rings. The third-order valence-corrected chi connectivity index (χ3v) is 10.2. The minimum atomic E-state index is -0.701. The van der Waals surface area contributed by atoms with Gasteiger partial charge >= 0.3 is 7.12 Å². The van der Waals surface area contributed by atoms with E-state index in [-0.39, 0.29) is 47.5 Å². The zero-order valence-corrected chi connectivity index (χ0v) is 25.9. The van der Waals surface area contributed by atoms with Crippen LogP contribution in [0.15, 0.2) is 47.3 Å². The van der Waals surface area contributed by atoms with Crippen molar-refractivity contribution in [2.75, 3.05) is 6.54 Å². The van der Waals surface area contributed by atoms with Gasteiger partial charge in [0.2, 0.25) is 5.91 Å². The van der Waals surface area contributed by atoms with Crippen LogP contribution >= 0.6 is 0 Å². The van der Waals surface area contributed by atoms with Crippen molar-refractivity contribution in [3.05, 3.63) is 75.5 Å². The molecule has 2 amide bonds. The van der Waals surface area contributed by atoms with E-state index in [1.807, 2.05) is 6.07 Å². The molecule has 3 aliphatic carbocycles. The standard InChI is InChI=1S/C33H40BFN4O5/c1-18(2)12-28(34-43-27-16-20-15-26(32(20,3)4)33(27,5)44-34)37-29(40)17-36-30(41)23-13-19(10-11-24(23)35)14-25-21-8-6-7-9-22(21)31(42)39-38-25/h6-11,13,18,20,26-28H,12,14-17H2,1-5H3,(H,36,41)(H,37,40)(H,39,42)/t20-,26-,27+,28-,33-/m0/s1. The number of fused-ring (bicyclic) bond motifs is 1. The summed E-state index contributed by atoms with van der Waals surface area (Å²) in [7, 11) is -0.575. The highest BCUT2D eigenvalue weighted by Gasteiger charge is 2.68. The molecule has 2 bridgehead atoms. The molecule has 0 unspecified atom stereocenters. The monoisotopic (exact) mass is 602 g/mol. The fourth-order valence-corrected chi connectivity index (χ4v) is 7.69. The van der Waals surface area contributed by atoms with E-state index in [4.69, 9.17) is 9.31 Å². The van der Waals surface area contributed by atoms with E-state index in [1.165, 1.54) is 12.1 Å². The summed E-state index contributed by atoms with van der Waals surface area (Å²) in [5, 5.41) is 13.4. The first-order valence-electron chi connectivity index (χ1n) is 15.5. The van der Waals surface area contributed by atoms with E-state index >= 15 is 0 Å². The lowest BCUT2D eigenvalue weighted by Crippen LogP contribution is -2.65. The summed E-state index contributed by atoms with van der Waals surface area (Å²) in [5.74, 6) is -0.895. The third-order valence-electron chi connectivity index (χ3n) is 10.2. The molecule has 1 aromatic heterocycles. The maximum Gasteiger partial charge on any atom is 0.481 e. The fourth-order valence-electron chi connectivity index (χ4n) is 7.69. The predicted octanol–water partition coefficient (Wildman–Crippen LogP) is 4.18. The fraction of sp³-hybridized carbons (Fsp3) is 0.515. The molecule has 44 heavy (non-hydrogen) atoms. The van der Waals surface area contributed by atoms with Gasteiger partial charge in [-0.25, -0.2) is 9.49 Å². The SMILES string of the molecule is CC(C)C[C@H](NC(=O)CNC(=O)c1cc(Cc2n[nH]c(=O)c3ccccc23)ccc1F)B1O[C@@H]2C[C@@H]3C[C@@H](C3(C)C)[C@]2(C)O1. The van der Waals surface area contributed by atoms with Crippen LogP contribution in [0.25, 0.3) is 10.8 Å². The molecular formula is C33H40BFN4O5. The molecule has 3 saturated carbocycles. The van der Waals surface area contributed by atoms with Crippen LogP contribution in [0.4, 0.5) is 4.39 Å². The smallest absolute Gasteiger partial charge is 0.404 e. The van der Waals surface area contributed by atoms with Crippen LogP contribution in [0.5, 0.6) is 0 Å². The van der Waals surface area contributed by atoms with Crippen LogP contribution in [0, 0.1) is 29.0 Å². The molecule has 232 valence electrons. The number of aromatic nitrogens is 2. The number of benzene rings is 2. The normalized spacial score (nSPS) is 25.8. The lowest BCUT2D eigenvalue weighted by molar-refractivity contribution is -0.199. The molecule has 2 aromatic carbocycles. The number of hydrogen-bond acceptors (Lipinski definition) is 6. The molecular weight excluding hydrogens is 562 g/mol. The number of H-pyrrole nitrogens is 1. The van der Waals surface area contributed by atoms with Crippen molar-refractivity contribution in [2.24, 2.45) is 23.2 Å². The largest absolute Gasteiger partial charge is 0.481 e. The number of carbonyl (C=O) groups excluding carboxylic acids is 2. The van der Waals surface area contributed by atoms with Gasteiger partial charge in [-0.05, 0) is 73.1 Å². The van der Waals surface area contributed by atoms with E-state index in [9.17, 15) is 18.8 Å². The number of hydrogen-bond donors (Lipinski definition) is 3. The molecule has 4 fully saturated rings. The van der Waals surface area contributed by atoms with Crippen LogP contribution in [0.2, 0.25) is 0 Å². The number of nitrogens with zero attached hydrogens (tertiary/aromatic N) is 1. The van der Waals surface area contributed by atoms with Gasteiger partial charge in [0.1, 0.15) is 5.82 Å². The Morgan fingerprint density at radius 3 is 2.61 bits per heavy atom. The second kappa shape index (κ2) is 11.4. The van der Waals surface area contributed by atoms with E-state index in [0.717, 1.165) is 12.8 Å². The van der Waals surface area contributed by atoms with Crippen molar-refractivity contribution in [1.82, 2.24) is 20.8 Å². The van der Waals surface area contributed by atoms with Gasteiger partial charge in [0.05, 0.1) is 40.8 Å². The van der Waals surface area contributed by atoms with Crippen LogP contribution in [-0.2, 0) is 20.5 Å². The number of carbonyl (C=O) groups is 2. The average molecular weight is 603 g/mol. The summed E-state index contributed by atoms with van der Waals surface area (Å²) in [5.41, 5.74) is 0.576. The zero-order valence-electron chi connectivity index (χ0n) is 25.9. The predicted molar refractivity (Wildman–Crippen MR) is 165 cm³/mol. The lowest BCUT2D eigenvalue weighted by atomic mass is 9.43. The summed E-state index contributed by atoms with van der Waals surface area (Å²) >= 11 is 0. The minimum absolute atomic E-state index is 0.00452. The summed E-state index contributed by atoms with van der Waals surface area (Å²) in [6.45, 7) is 10.6. The first-order valence-corrected chi connectivity index (χ1v) is 15.5. The molecule has 3 N–H and O–H groups in total. The van der Waals surface area contributed by atoms with Crippen LogP contribution in [0.1, 0.15) is 75.5 Å². The number of amides is 2. The number of rotatable bonds is 9. The highest BCUT2D eigenvalue weighted by molar-refractivity contribution is 6.47. The van der Waals surface area contributed by atoms with E-state index in [2.05, 4.69) is 55.4 Å². The topological polar surface area (TPSA) is 122 Å². The van der Waals surface area contributed by atoms with Crippen LogP contribution in [-0.4, -0.2) is 53.3 Å². The van der Waals surface area contributed by atoms with Crippen molar-refractivity contribution in [3.8, 4) is 0 Å². The minimum Gasteiger partial charge on any atom is -0.404 e. The Bertz CT molecular complexity index is 1660. The van der Waals surface area contributed by atoms with Gasteiger partial charge < -0.3 is 19.9 Å². The molecule has 0 spiro atoms. The summed E-state index contributed by atoms with van der Waals surface area (Å²) in [6.07, 6.45) is 3.01. The van der Waals surface area contributed by atoms with Gasteiger partial charge in [-0.1, -0.05) is 52.0 Å². The van der Waals surface area contributed by atoms with E-state index in [0.29, 0.717) is 40.3 Å². The molecule has 0 radical (unpaired) electrons. The maximum absolute atomic E-state index is 14.8. The Balaban J connectivity index is 1.10. The highest BCUT2D eigenvalue weighted by atomic mass is 19.1. The number of nitrogens with one attached hydrogen (secondary N) is 3. The van der Waals surface area contributed by atoms with Crippen molar-refractivity contribution in [1.29, 1.82) is 0 Å². The Hall–Kier alpha value is -3.57. The summed E-state index contributed by atoms with van der Waals surface area (Å²) < 4.78 is 27.8. The summed E-state index contributed by atoms with van der Waals surface area (Å²) in [4.78, 5) is 38.2. The Kier molecular flexibility index (Phi) is 7.90. The van der Waals surface area contributed by atoms with Gasteiger partial charge in [0.15, 0.2) is 0 Å². The molecule has 4 aliphatic rings. The molecule has 9 nitrogen and oxygen atoms in total. The van der Waals surface area contributed by atoms with Crippen molar-refractivity contribution >= 4 is 29.7 Å². The second-order valence-electron chi connectivity index (χ2n) is 13.9. The van der Waals surface area contributed by atoms with Gasteiger partial charge in [-0.15, -0.1) is 0 Å². The van der Waals surface area contributed by atoms with Gasteiger partial charge in [0.25, 0.3) is 11.5 Å². The first-order chi connectivity index (χ1) is 20.9. The summed E-state index contributed by atoms with van der Waals surface area (Å²) in [6, 6.07) is 11.3. The quantitative estimate of drug-likeness (QED) is 0.316. The maximum atomic E-state index is 14.8. The Morgan fingerprint density at radius 1 is 1.14 bits per heavy atom. The van der Waals surface area contributed by atoms with Crippen LogP contribution < -0.4 is 16.2 Å². The molecule has 2 heterocycles. The Labute approximate surface area is 256 Å². The molecule has 1 saturated heterocycles. The molecule has 11 heteroatoms. The zero-order chi connectivity index (χ0) is 31.4. The van der Waals surface area contributed by atoms with Crippen molar-refractivity contribution in [2.45, 2.75) is 77.9 Å². The molecule has 5 atom stereocenters. The van der Waals surface area contributed by atoms with E-state index < -0.39 is 30.4 Å². The molecule has 7 rings (SSSR count). The van der Waals surface area contributed by atoms with Crippen molar-refractivity contribution in [3.63, 3.8) is 0 Å². The first kappa shape index (κ1) is 30.5. The molecule has 1 aliphatic heterocycles. The lowest BCUT2D eigenvalue weighted by Gasteiger charge is -2.64. The van der Waals surface area contributed by atoms with Gasteiger partial charge in [0, 0.05) is 11.8 Å². The third kappa shape index (κ3) is 5.45. The number of aromatic amines is 1. The second-order valence-corrected chi connectivity index (χ2v) is 13.9. The van der Waals surface area contributed by atoms with Crippen molar-refractivity contribution < 1.29 is 23.3 Å². The van der Waals surface area contributed by atoms with Gasteiger partial charge in [-0.2, -0.15) is 5.10 Å². The highest BCUT2D eigenvalue weighted by Crippen LogP contribution is 2.65. The number of halogens is 1. The van der Waals surface area contributed by atoms with Gasteiger partial charge in [-0.3, -0.25) is 14.4 Å². The van der Waals surface area contributed by atoms with E-state index in [1.54, 1.807) is 24.3 Å².